The Morgan fingerprint density at radius 1 is 1.27 bits per heavy atom. The van der Waals surface area contributed by atoms with Gasteiger partial charge in [0, 0.05) is 0 Å². The molecule has 0 heterocycles. The highest BCUT2D eigenvalue weighted by Crippen LogP contribution is 2.56. The van der Waals surface area contributed by atoms with Crippen LogP contribution in [0.1, 0.15) is 71.4 Å². The molecule has 1 aromatic carbocycles. The van der Waals surface area contributed by atoms with E-state index in [1.54, 1.807) is 6.92 Å². The van der Waals surface area contributed by atoms with Crippen LogP contribution in [0.3, 0.4) is 0 Å². The number of Topliss-reactive ketones (excluding diaryl/α,β-unsaturated/α-hetero) is 1. The van der Waals surface area contributed by atoms with Crippen molar-refractivity contribution in [1.29, 1.82) is 0 Å². The molecule has 1 aromatic rings. The number of fused-ring (bicyclic) bond motifs is 2. The highest BCUT2D eigenvalue weighted by atomic mass is 16.5. The van der Waals surface area contributed by atoms with Crippen molar-refractivity contribution in [3.05, 3.63) is 42.5 Å². The summed E-state index contributed by atoms with van der Waals surface area (Å²) in [5.41, 5.74) is 3.27. The molecule has 3 rings (SSSR count). The van der Waals surface area contributed by atoms with E-state index in [4.69, 9.17) is 4.74 Å². The van der Waals surface area contributed by atoms with E-state index in [1.807, 2.05) is 19.9 Å². The maximum atomic E-state index is 11.2. The fraction of sp³-hybridized carbons (Fsp3) is 0.625. The summed E-state index contributed by atoms with van der Waals surface area (Å²) in [6.45, 7) is 16.6. The van der Waals surface area contributed by atoms with E-state index in [0.717, 1.165) is 24.0 Å². The second-order valence-corrected chi connectivity index (χ2v) is 7.53. The number of benzene rings is 1. The van der Waals surface area contributed by atoms with Crippen molar-refractivity contribution >= 4 is 5.78 Å². The van der Waals surface area contributed by atoms with E-state index in [2.05, 4.69) is 39.1 Å². The highest BCUT2D eigenvalue weighted by Gasteiger charge is 2.48. The maximum absolute atomic E-state index is 11.2. The molecule has 2 aliphatic carbocycles. The number of carbonyl (C=O) groups excluding carboxylic acids is 1. The van der Waals surface area contributed by atoms with Gasteiger partial charge in [-0.25, -0.2) is 0 Å². The molecule has 3 unspecified atom stereocenters. The number of rotatable bonds is 5. The molecule has 0 bridgehead atoms. The van der Waals surface area contributed by atoms with Gasteiger partial charge in [0.2, 0.25) is 0 Å². The minimum absolute atomic E-state index is 0.0853. The Labute approximate surface area is 161 Å². The number of hydrogen-bond donors (Lipinski definition) is 0. The molecular formula is C24H38O2. The topological polar surface area (TPSA) is 26.3 Å². The van der Waals surface area contributed by atoms with E-state index >= 15 is 0 Å². The number of ketones is 1. The molecule has 0 spiro atoms. The number of carbonyl (C=O) groups is 1. The van der Waals surface area contributed by atoms with Crippen LogP contribution < -0.4 is 4.74 Å². The Morgan fingerprint density at radius 2 is 1.96 bits per heavy atom. The van der Waals surface area contributed by atoms with Gasteiger partial charge in [-0.05, 0) is 67.1 Å². The van der Waals surface area contributed by atoms with Gasteiger partial charge in [0.15, 0.2) is 5.78 Å². The molecule has 0 N–H and O–H groups in total. The first-order valence-corrected chi connectivity index (χ1v) is 10.3. The predicted molar refractivity (Wildman–Crippen MR) is 112 cm³/mol. The van der Waals surface area contributed by atoms with Gasteiger partial charge in [-0.2, -0.15) is 0 Å². The van der Waals surface area contributed by atoms with Gasteiger partial charge in [-0.1, -0.05) is 52.7 Å². The van der Waals surface area contributed by atoms with Gasteiger partial charge in [-0.15, -0.1) is 13.2 Å². The zero-order chi connectivity index (χ0) is 19.7. The van der Waals surface area contributed by atoms with Crippen molar-refractivity contribution in [3.63, 3.8) is 0 Å². The van der Waals surface area contributed by atoms with Gasteiger partial charge in [0.1, 0.15) is 12.4 Å². The van der Waals surface area contributed by atoms with E-state index < -0.39 is 0 Å². The summed E-state index contributed by atoms with van der Waals surface area (Å²) < 4.78 is 5.77. The third kappa shape index (κ3) is 4.78. The summed E-state index contributed by atoms with van der Waals surface area (Å²) in [6.07, 6.45) is 7.69. The fourth-order valence-electron chi connectivity index (χ4n) is 4.82. The third-order valence-electron chi connectivity index (χ3n) is 6.05. The molecule has 3 atom stereocenters. The van der Waals surface area contributed by atoms with E-state index in [1.165, 1.54) is 43.2 Å². The lowest BCUT2D eigenvalue weighted by Crippen LogP contribution is -2.36. The van der Waals surface area contributed by atoms with Crippen LogP contribution in [0.15, 0.2) is 31.4 Å². The van der Waals surface area contributed by atoms with E-state index in [0.29, 0.717) is 5.41 Å². The molecule has 0 saturated heterocycles. The van der Waals surface area contributed by atoms with Crippen LogP contribution in [0, 0.1) is 17.3 Å². The Hall–Kier alpha value is -1.57. The zero-order valence-corrected chi connectivity index (χ0v) is 17.6. The molecule has 26 heavy (non-hydrogen) atoms. The summed E-state index contributed by atoms with van der Waals surface area (Å²) >= 11 is 0. The first-order valence-electron chi connectivity index (χ1n) is 10.3. The first-order chi connectivity index (χ1) is 12.5. The Balaban J connectivity index is 0.000000791. The fourth-order valence-corrected chi connectivity index (χ4v) is 4.82. The second kappa shape index (κ2) is 10.5. The third-order valence-corrected chi connectivity index (χ3v) is 6.05. The molecule has 2 nitrogen and oxygen atoms in total. The molecule has 2 heteroatoms. The van der Waals surface area contributed by atoms with Crippen LogP contribution in [0.2, 0.25) is 0 Å². The van der Waals surface area contributed by atoms with Gasteiger partial charge in [0.05, 0.1) is 0 Å². The van der Waals surface area contributed by atoms with Crippen LogP contribution in [-0.4, -0.2) is 12.4 Å². The minimum Gasteiger partial charge on any atom is -0.486 e. The normalized spacial score (nSPS) is 25.6. The molecule has 2 aliphatic rings. The van der Waals surface area contributed by atoms with Crippen molar-refractivity contribution < 1.29 is 9.53 Å². The minimum atomic E-state index is 0.0853. The van der Waals surface area contributed by atoms with Gasteiger partial charge in [0.25, 0.3) is 0 Å². The standard InChI is InChI=1S/C20H28O2.C2H6.C2H4/c1-4-6-16-9-10-17-11-18-15(12-20(16,17)3)7-5-8-19(18)22-13-14(2)21;2*1-2/h5,7-8,16-17H,4,6,9-13H2,1-3H3;1-2H3;1-2H2. The van der Waals surface area contributed by atoms with Crippen molar-refractivity contribution in [2.75, 3.05) is 6.61 Å². The molecule has 0 amide bonds. The summed E-state index contributed by atoms with van der Waals surface area (Å²) in [5.74, 6) is 2.67. The average Bonchev–Trinajstić information content (AvgIpc) is 2.97. The molecule has 0 aliphatic heterocycles. The first kappa shape index (κ1) is 22.5. The maximum Gasteiger partial charge on any atom is 0.167 e. The van der Waals surface area contributed by atoms with Crippen LogP contribution in [-0.2, 0) is 17.6 Å². The van der Waals surface area contributed by atoms with Crippen LogP contribution in [0.5, 0.6) is 5.75 Å². The Bertz CT molecular complexity index is 578. The lowest BCUT2D eigenvalue weighted by atomic mass is 9.63. The Kier molecular flexibility index (Phi) is 9.12. The van der Waals surface area contributed by atoms with Crippen LogP contribution in [0.4, 0.5) is 0 Å². The predicted octanol–water partition coefficient (Wildman–Crippen LogP) is 6.41. The summed E-state index contributed by atoms with van der Waals surface area (Å²) in [4.78, 5) is 11.2. The largest absolute Gasteiger partial charge is 0.486 e. The highest BCUT2D eigenvalue weighted by molar-refractivity contribution is 5.77. The number of hydrogen-bond acceptors (Lipinski definition) is 2. The van der Waals surface area contributed by atoms with Crippen molar-refractivity contribution in [2.24, 2.45) is 17.3 Å². The van der Waals surface area contributed by atoms with Gasteiger partial charge >= 0.3 is 0 Å². The van der Waals surface area contributed by atoms with Crippen molar-refractivity contribution in [3.8, 4) is 5.75 Å². The van der Waals surface area contributed by atoms with Gasteiger partial charge in [-0.3, -0.25) is 4.79 Å². The van der Waals surface area contributed by atoms with E-state index in [-0.39, 0.29) is 12.4 Å². The second-order valence-electron chi connectivity index (χ2n) is 7.53. The van der Waals surface area contributed by atoms with Gasteiger partial charge < -0.3 is 4.74 Å². The molecule has 1 fully saturated rings. The van der Waals surface area contributed by atoms with Crippen molar-refractivity contribution in [2.45, 2.75) is 73.1 Å². The van der Waals surface area contributed by atoms with Crippen LogP contribution in [0.25, 0.3) is 0 Å². The molecule has 0 aromatic heterocycles. The number of ether oxygens (including phenoxy) is 1. The Morgan fingerprint density at radius 3 is 2.58 bits per heavy atom. The molecular weight excluding hydrogens is 320 g/mol. The summed E-state index contributed by atoms with van der Waals surface area (Å²) in [5, 5.41) is 0. The SMILES string of the molecule is C=C.CC.CCCC1CCC2Cc3c(cccc3OCC(C)=O)CC12C. The lowest BCUT2D eigenvalue weighted by molar-refractivity contribution is -0.118. The zero-order valence-electron chi connectivity index (χ0n) is 17.6. The monoisotopic (exact) mass is 358 g/mol. The van der Waals surface area contributed by atoms with E-state index in [9.17, 15) is 4.79 Å². The smallest absolute Gasteiger partial charge is 0.167 e. The summed E-state index contributed by atoms with van der Waals surface area (Å²) in [6, 6.07) is 6.38. The average molecular weight is 359 g/mol. The van der Waals surface area contributed by atoms with Crippen molar-refractivity contribution in [1.82, 2.24) is 0 Å². The quantitative estimate of drug-likeness (QED) is 0.568. The molecule has 1 saturated carbocycles. The molecule has 0 radical (unpaired) electrons. The van der Waals surface area contributed by atoms with Crippen LogP contribution >= 0.6 is 0 Å². The summed E-state index contributed by atoms with van der Waals surface area (Å²) in [7, 11) is 0. The lowest BCUT2D eigenvalue weighted by Gasteiger charge is -2.42. The molecule has 146 valence electrons.